The highest BCUT2D eigenvalue weighted by Crippen LogP contribution is 2.20. The van der Waals surface area contributed by atoms with Gasteiger partial charge < -0.3 is 10.1 Å². The number of likely N-dealkylation sites (N-methyl/N-ethyl adjacent to an activating group) is 1. The number of carbonyl (C=O) groups excluding carboxylic acids is 1. The summed E-state index contributed by atoms with van der Waals surface area (Å²) in [5, 5.41) is 3.17. The fourth-order valence-corrected chi connectivity index (χ4v) is 2.63. The molecule has 0 radical (unpaired) electrons. The zero-order chi connectivity index (χ0) is 13.8. The third-order valence-corrected chi connectivity index (χ3v) is 3.64. The maximum Gasteiger partial charge on any atom is 0.169 e. The first kappa shape index (κ1) is 14.2. The van der Waals surface area contributed by atoms with Crippen LogP contribution in [0.1, 0.15) is 29.8 Å². The standard InChI is InChI=1S/C16H23NO2/c1-11(2)7-12-5-4-6-13(8-12)16(18)14-9-19-10-15(14)17-3/h4-6,8,11,14-15,17H,7,9-10H2,1-3H3. The lowest BCUT2D eigenvalue weighted by atomic mass is 9.91. The first-order chi connectivity index (χ1) is 9.11. The average Bonchev–Trinajstić information content (AvgIpc) is 2.85. The average molecular weight is 261 g/mol. The summed E-state index contributed by atoms with van der Waals surface area (Å²) in [7, 11) is 1.88. The summed E-state index contributed by atoms with van der Waals surface area (Å²) in [5.74, 6) is 0.743. The molecule has 1 aliphatic heterocycles. The Balaban J connectivity index is 2.14. The molecular weight excluding hydrogens is 238 g/mol. The van der Waals surface area contributed by atoms with E-state index in [0.717, 1.165) is 12.0 Å². The Morgan fingerprint density at radius 1 is 1.42 bits per heavy atom. The van der Waals surface area contributed by atoms with Crippen molar-refractivity contribution in [3.8, 4) is 0 Å². The van der Waals surface area contributed by atoms with E-state index in [-0.39, 0.29) is 17.7 Å². The van der Waals surface area contributed by atoms with Gasteiger partial charge in [-0.25, -0.2) is 0 Å². The molecule has 1 N–H and O–H groups in total. The highest BCUT2D eigenvalue weighted by atomic mass is 16.5. The first-order valence-electron chi connectivity index (χ1n) is 7.00. The normalized spacial score (nSPS) is 22.9. The smallest absolute Gasteiger partial charge is 0.169 e. The van der Waals surface area contributed by atoms with Crippen LogP contribution in [0.5, 0.6) is 0 Å². The van der Waals surface area contributed by atoms with E-state index in [4.69, 9.17) is 4.74 Å². The van der Waals surface area contributed by atoms with Crippen molar-refractivity contribution in [1.82, 2.24) is 5.32 Å². The molecule has 2 rings (SSSR count). The van der Waals surface area contributed by atoms with Gasteiger partial charge in [-0.2, -0.15) is 0 Å². The number of benzene rings is 1. The van der Waals surface area contributed by atoms with Crippen molar-refractivity contribution in [3.05, 3.63) is 35.4 Å². The van der Waals surface area contributed by atoms with Gasteiger partial charge in [0.1, 0.15) is 0 Å². The second-order valence-electron chi connectivity index (χ2n) is 5.70. The number of ether oxygens (including phenoxy) is 1. The Morgan fingerprint density at radius 2 is 2.21 bits per heavy atom. The van der Waals surface area contributed by atoms with Crippen LogP contribution in [0.25, 0.3) is 0 Å². The molecule has 3 nitrogen and oxygen atoms in total. The van der Waals surface area contributed by atoms with Gasteiger partial charge in [0.05, 0.1) is 19.1 Å². The van der Waals surface area contributed by atoms with Gasteiger partial charge in [-0.3, -0.25) is 4.79 Å². The zero-order valence-corrected chi connectivity index (χ0v) is 12.0. The van der Waals surface area contributed by atoms with E-state index in [1.807, 2.05) is 25.2 Å². The highest BCUT2D eigenvalue weighted by Gasteiger charge is 2.33. The number of carbonyl (C=O) groups is 1. The molecule has 1 aliphatic rings. The van der Waals surface area contributed by atoms with E-state index >= 15 is 0 Å². The van der Waals surface area contributed by atoms with Gasteiger partial charge in [-0.05, 0) is 31.0 Å². The van der Waals surface area contributed by atoms with Crippen LogP contribution in [-0.2, 0) is 11.2 Å². The Kier molecular flexibility index (Phi) is 4.72. The SMILES string of the molecule is CNC1COCC1C(=O)c1cccc(CC(C)C)c1. The topological polar surface area (TPSA) is 38.3 Å². The third kappa shape index (κ3) is 3.43. The van der Waals surface area contributed by atoms with E-state index in [0.29, 0.717) is 19.1 Å². The van der Waals surface area contributed by atoms with E-state index in [1.165, 1.54) is 5.56 Å². The van der Waals surface area contributed by atoms with E-state index in [2.05, 4.69) is 25.2 Å². The van der Waals surface area contributed by atoms with Crippen LogP contribution < -0.4 is 5.32 Å². The summed E-state index contributed by atoms with van der Waals surface area (Å²) >= 11 is 0. The molecule has 0 amide bonds. The van der Waals surface area contributed by atoms with E-state index < -0.39 is 0 Å². The number of hydrogen-bond acceptors (Lipinski definition) is 3. The van der Waals surface area contributed by atoms with E-state index in [1.54, 1.807) is 0 Å². The van der Waals surface area contributed by atoms with Gasteiger partial charge in [-0.15, -0.1) is 0 Å². The molecule has 2 unspecified atom stereocenters. The minimum absolute atomic E-state index is 0.0562. The zero-order valence-electron chi connectivity index (χ0n) is 12.0. The van der Waals surface area contributed by atoms with Crippen molar-refractivity contribution in [2.24, 2.45) is 11.8 Å². The van der Waals surface area contributed by atoms with Crippen molar-refractivity contribution >= 4 is 5.78 Å². The predicted octanol–water partition coefficient (Wildman–Crippen LogP) is 2.30. The van der Waals surface area contributed by atoms with E-state index in [9.17, 15) is 4.79 Å². The molecule has 1 heterocycles. The predicted molar refractivity (Wildman–Crippen MR) is 76.5 cm³/mol. The molecule has 3 heteroatoms. The molecule has 0 spiro atoms. The Bertz CT molecular complexity index is 442. The number of ketones is 1. The molecular formula is C16H23NO2. The number of nitrogens with one attached hydrogen (secondary N) is 1. The van der Waals surface area contributed by atoms with Crippen LogP contribution in [0.3, 0.4) is 0 Å². The number of Topliss-reactive ketones (excluding diaryl/α,β-unsaturated/α-hetero) is 1. The van der Waals surface area contributed by atoms with Crippen molar-refractivity contribution in [2.45, 2.75) is 26.3 Å². The second-order valence-corrected chi connectivity index (χ2v) is 5.70. The minimum Gasteiger partial charge on any atom is -0.379 e. The summed E-state index contributed by atoms with van der Waals surface area (Å²) in [5.41, 5.74) is 2.05. The molecule has 0 saturated carbocycles. The highest BCUT2D eigenvalue weighted by molar-refractivity contribution is 5.98. The molecule has 2 atom stereocenters. The monoisotopic (exact) mass is 261 g/mol. The van der Waals surface area contributed by atoms with Crippen LogP contribution in [0.2, 0.25) is 0 Å². The molecule has 0 aromatic heterocycles. The third-order valence-electron chi connectivity index (χ3n) is 3.64. The van der Waals surface area contributed by atoms with Crippen LogP contribution in [-0.4, -0.2) is 32.1 Å². The van der Waals surface area contributed by atoms with Crippen LogP contribution in [0, 0.1) is 11.8 Å². The number of hydrogen-bond donors (Lipinski definition) is 1. The Morgan fingerprint density at radius 3 is 2.89 bits per heavy atom. The van der Waals surface area contributed by atoms with Gasteiger partial charge in [-0.1, -0.05) is 32.0 Å². The first-order valence-corrected chi connectivity index (χ1v) is 7.00. The Labute approximate surface area is 115 Å². The van der Waals surface area contributed by atoms with Crippen LogP contribution >= 0.6 is 0 Å². The molecule has 1 aromatic rings. The molecule has 1 saturated heterocycles. The van der Waals surface area contributed by atoms with Crippen molar-refractivity contribution in [3.63, 3.8) is 0 Å². The molecule has 19 heavy (non-hydrogen) atoms. The maximum atomic E-state index is 12.5. The number of rotatable bonds is 5. The molecule has 1 aromatic carbocycles. The molecule has 104 valence electrons. The summed E-state index contributed by atoms with van der Waals surface area (Å²) < 4.78 is 5.41. The summed E-state index contributed by atoms with van der Waals surface area (Å²) in [6.45, 7) is 5.53. The summed E-state index contributed by atoms with van der Waals surface area (Å²) in [4.78, 5) is 12.5. The van der Waals surface area contributed by atoms with Gasteiger partial charge in [0.2, 0.25) is 0 Å². The van der Waals surface area contributed by atoms with Crippen molar-refractivity contribution in [1.29, 1.82) is 0 Å². The van der Waals surface area contributed by atoms with Crippen LogP contribution in [0.4, 0.5) is 0 Å². The van der Waals surface area contributed by atoms with Gasteiger partial charge in [0.25, 0.3) is 0 Å². The maximum absolute atomic E-state index is 12.5. The summed E-state index contributed by atoms with van der Waals surface area (Å²) in [6.07, 6.45) is 1.01. The quantitative estimate of drug-likeness (QED) is 0.827. The molecule has 0 aliphatic carbocycles. The summed E-state index contributed by atoms with van der Waals surface area (Å²) in [6, 6.07) is 8.17. The fourth-order valence-electron chi connectivity index (χ4n) is 2.63. The Hall–Kier alpha value is -1.19. The van der Waals surface area contributed by atoms with Gasteiger partial charge in [0.15, 0.2) is 5.78 Å². The van der Waals surface area contributed by atoms with Gasteiger partial charge in [0, 0.05) is 11.6 Å². The lowest BCUT2D eigenvalue weighted by molar-refractivity contribution is 0.0892. The van der Waals surface area contributed by atoms with Crippen LogP contribution in [0.15, 0.2) is 24.3 Å². The molecule has 1 fully saturated rings. The fraction of sp³-hybridized carbons (Fsp3) is 0.562. The lowest BCUT2D eigenvalue weighted by Crippen LogP contribution is -2.37. The largest absolute Gasteiger partial charge is 0.379 e. The van der Waals surface area contributed by atoms with Gasteiger partial charge >= 0.3 is 0 Å². The van der Waals surface area contributed by atoms with Crippen molar-refractivity contribution < 1.29 is 9.53 Å². The second kappa shape index (κ2) is 6.31. The lowest BCUT2D eigenvalue weighted by Gasteiger charge is -2.16. The molecule has 0 bridgehead atoms. The minimum atomic E-state index is -0.0562. The van der Waals surface area contributed by atoms with Crippen molar-refractivity contribution in [2.75, 3.05) is 20.3 Å².